The molecule has 3 N–H and O–H groups in total. The summed E-state index contributed by atoms with van der Waals surface area (Å²) in [5, 5.41) is -0.0913. The van der Waals surface area contributed by atoms with Crippen LogP contribution in [0.25, 0.3) is 11.1 Å². The molecule has 0 bridgehead atoms. The van der Waals surface area contributed by atoms with Crippen LogP contribution in [0.1, 0.15) is 11.4 Å². The van der Waals surface area contributed by atoms with Crippen molar-refractivity contribution in [2.24, 2.45) is 0 Å². The molecule has 0 saturated carbocycles. The SMILES string of the molecule is Cc1[nH]c(COP(=O)(O)O)c(-c2ccc(Oc3ccc(OC(F)(F)F)cc3)cc2)c(=O)c1Cl.[KH]. The number of phosphoric ester groups is 1. The fourth-order valence-corrected chi connectivity index (χ4v) is 3.30. The summed E-state index contributed by atoms with van der Waals surface area (Å²) in [6.07, 6.45) is -4.80. The molecule has 3 aromatic rings. The Balaban J connectivity index is 0.00000408. The van der Waals surface area contributed by atoms with Crippen molar-refractivity contribution in [3.05, 3.63) is 75.2 Å². The van der Waals surface area contributed by atoms with Crippen LogP contribution in [-0.2, 0) is 15.7 Å². The Morgan fingerprint density at radius 3 is 2.00 bits per heavy atom. The van der Waals surface area contributed by atoms with Crippen molar-refractivity contribution in [1.29, 1.82) is 0 Å². The van der Waals surface area contributed by atoms with E-state index < -0.39 is 32.0 Å². The van der Waals surface area contributed by atoms with Crippen molar-refractivity contribution < 1.29 is 41.5 Å². The summed E-state index contributed by atoms with van der Waals surface area (Å²) < 4.78 is 61.7. The van der Waals surface area contributed by atoms with Gasteiger partial charge in [0.2, 0.25) is 5.43 Å². The molecule has 34 heavy (non-hydrogen) atoms. The van der Waals surface area contributed by atoms with Crippen LogP contribution in [-0.4, -0.2) is 72.5 Å². The normalized spacial score (nSPS) is 11.6. The number of hydrogen-bond donors (Lipinski definition) is 3. The zero-order valence-electron chi connectivity index (χ0n) is 16.7. The molecule has 0 amide bonds. The second kappa shape index (κ2) is 11.7. The Hall–Kier alpha value is -1.18. The predicted molar refractivity (Wildman–Crippen MR) is 119 cm³/mol. The number of H-pyrrole nitrogens is 1. The van der Waals surface area contributed by atoms with Gasteiger partial charge in [0.25, 0.3) is 0 Å². The van der Waals surface area contributed by atoms with Gasteiger partial charge in [-0.2, -0.15) is 0 Å². The summed E-state index contributed by atoms with van der Waals surface area (Å²) in [7, 11) is -4.79. The van der Waals surface area contributed by atoms with Gasteiger partial charge >= 0.3 is 65.6 Å². The minimum absolute atomic E-state index is 0. The summed E-state index contributed by atoms with van der Waals surface area (Å²) >= 11 is 6.04. The van der Waals surface area contributed by atoms with Gasteiger partial charge < -0.3 is 24.2 Å². The van der Waals surface area contributed by atoms with Crippen molar-refractivity contribution in [2.45, 2.75) is 19.9 Å². The molecule has 1 aromatic heterocycles. The predicted octanol–water partition coefficient (Wildman–Crippen LogP) is 4.66. The number of aryl methyl sites for hydroxylation is 1. The van der Waals surface area contributed by atoms with Crippen molar-refractivity contribution in [1.82, 2.24) is 4.98 Å². The zero-order valence-corrected chi connectivity index (χ0v) is 18.4. The number of aromatic amines is 1. The van der Waals surface area contributed by atoms with Gasteiger partial charge in [-0.1, -0.05) is 23.7 Å². The molecule has 0 fully saturated rings. The van der Waals surface area contributed by atoms with Gasteiger partial charge in [0.05, 0.1) is 17.9 Å². The van der Waals surface area contributed by atoms with Gasteiger partial charge in [0.1, 0.15) is 22.3 Å². The number of ether oxygens (including phenoxy) is 2. The summed E-state index contributed by atoms with van der Waals surface area (Å²) in [5.41, 5.74) is 0.265. The van der Waals surface area contributed by atoms with E-state index in [-0.39, 0.29) is 73.4 Å². The molecule has 0 unspecified atom stereocenters. The van der Waals surface area contributed by atoms with Gasteiger partial charge in [0.15, 0.2) is 0 Å². The maximum atomic E-state index is 12.7. The first-order valence-electron chi connectivity index (χ1n) is 9.08. The fraction of sp³-hybridized carbons (Fsp3) is 0.150. The molecule has 8 nitrogen and oxygen atoms in total. The summed E-state index contributed by atoms with van der Waals surface area (Å²) in [5.74, 6) is 0.154. The number of pyridine rings is 1. The molecule has 14 heteroatoms. The van der Waals surface area contributed by atoms with Crippen LogP contribution in [0.2, 0.25) is 5.02 Å². The van der Waals surface area contributed by atoms with Gasteiger partial charge in [0, 0.05) is 5.69 Å². The third-order valence-electron chi connectivity index (χ3n) is 4.21. The maximum absolute atomic E-state index is 12.7. The average molecular weight is 546 g/mol. The number of alkyl halides is 3. The number of aromatic nitrogens is 1. The van der Waals surface area contributed by atoms with Gasteiger partial charge in [-0.3, -0.25) is 9.32 Å². The number of benzene rings is 2. The van der Waals surface area contributed by atoms with Crippen molar-refractivity contribution in [3.63, 3.8) is 0 Å². The second-order valence-electron chi connectivity index (χ2n) is 6.66. The van der Waals surface area contributed by atoms with Crippen LogP contribution in [0.15, 0.2) is 53.3 Å². The summed E-state index contributed by atoms with van der Waals surface area (Å²) in [6.45, 7) is 0.952. The van der Waals surface area contributed by atoms with E-state index in [0.29, 0.717) is 17.0 Å². The van der Waals surface area contributed by atoms with Crippen molar-refractivity contribution in [2.75, 3.05) is 0 Å². The number of halogens is 4. The Morgan fingerprint density at radius 1 is 1.00 bits per heavy atom. The van der Waals surface area contributed by atoms with Gasteiger partial charge in [-0.05, 0) is 48.9 Å². The van der Waals surface area contributed by atoms with Crippen LogP contribution >= 0.6 is 19.4 Å². The van der Waals surface area contributed by atoms with E-state index in [1.165, 1.54) is 43.3 Å². The van der Waals surface area contributed by atoms with Crippen LogP contribution in [0.3, 0.4) is 0 Å². The summed E-state index contributed by atoms with van der Waals surface area (Å²) in [6, 6.07) is 10.8. The molecule has 0 aliphatic carbocycles. The quantitative estimate of drug-likeness (QED) is 0.292. The van der Waals surface area contributed by atoms with Crippen molar-refractivity contribution in [3.8, 4) is 28.4 Å². The first kappa shape index (κ1) is 29.0. The van der Waals surface area contributed by atoms with Crippen LogP contribution < -0.4 is 14.9 Å². The first-order chi connectivity index (χ1) is 15.3. The molecule has 178 valence electrons. The van der Waals surface area contributed by atoms with Crippen LogP contribution in [0, 0.1) is 6.92 Å². The minimum atomic E-state index is -4.80. The van der Waals surface area contributed by atoms with E-state index in [0.717, 1.165) is 12.1 Å². The molecule has 0 aliphatic rings. The van der Waals surface area contributed by atoms with Gasteiger partial charge in [-0.25, -0.2) is 4.57 Å². The Labute approximate surface area is 238 Å². The Bertz CT molecular complexity index is 1250. The molecule has 0 saturated heterocycles. The standard InChI is InChI=1S/C20H16ClF3NO7P.K.H/c1-11-18(21)19(26)17(16(25-11)10-30-33(27,28)29)12-2-4-13(5-3-12)31-14-6-8-15(9-7-14)32-20(22,23)24;;/h2-9H,10H2,1H3,(H,25,26)(H2,27,28,29);;. The molecule has 3 rings (SSSR count). The third-order valence-corrected chi connectivity index (χ3v) is 5.13. The average Bonchev–Trinajstić information content (AvgIpc) is 2.71. The number of hydrogen-bond acceptors (Lipinski definition) is 5. The number of rotatable bonds is 7. The summed E-state index contributed by atoms with van der Waals surface area (Å²) in [4.78, 5) is 33.5. The Morgan fingerprint density at radius 2 is 1.50 bits per heavy atom. The van der Waals surface area contributed by atoms with E-state index in [1.807, 2.05) is 0 Å². The molecule has 2 aromatic carbocycles. The number of phosphoric acid groups is 1. The molecule has 1 heterocycles. The van der Waals surface area contributed by atoms with Crippen LogP contribution in [0.5, 0.6) is 17.2 Å². The molecular formula is C20H17ClF3KNO7P. The molecule has 0 spiro atoms. The van der Waals surface area contributed by atoms with E-state index in [2.05, 4.69) is 14.2 Å². The molecule has 0 aliphatic heterocycles. The van der Waals surface area contributed by atoms with E-state index in [9.17, 15) is 22.5 Å². The van der Waals surface area contributed by atoms with E-state index in [4.69, 9.17) is 26.1 Å². The first-order valence-corrected chi connectivity index (χ1v) is 11.0. The van der Waals surface area contributed by atoms with Crippen molar-refractivity contribution >= 4 is 70.8 Å². The zero-order chi connectivity index (χ0) is 24.4. The van der Waals surface area contributed by atoms with E-state index >= 15 is 0 Å². The van der Waals surface area contributed by atoms with Crippen LogP contribution in [0.4, 0.5) is 13.2 Å². The third kappa shape index (κ3) is 8.20. The molecule has 0 radical (unpaired) electrons. The fourth-order valence-electron chi connectivity index (χ4n) is 2.86. The Kier molecular flexibility index (Phi) is 10.00. The number of nitrogens with one attached hydrogen (secondary N) is 1. The van der Waals surface area contributed by atoms with Gasteiger partial charge in [-0.15, -0.1) is 13.2 Å². The second-order valence-corrected chi connectivity index (χ2v) is 8.27. The molecule has 0 atom stereocenters. The monoisotopic (exact) mass is 545 g/mol. The van der Waals surface area contributed by atoms with E-state index in [1.54, 1.807) is 0 Å². The molecular weight excluding hydrogens is 529 g/mol. The topological polar surface area (TPSA) is 118 Å².